The minimum atomic E-state index is -4.78. The first kappa shape index (κ1) is 17.3. The van der Waals surface area contributed by atoms with Crippen molar-refractivity contribution >= 4 is 5.71 Å². The molecule has 1 fully saturated rings. The largest absolute Gasteiger partial charge is 0.433 e. The standard InChI is InChI=1S/C17H17F6N/c1-14-8-4-5-9-15(14,10-16(18,19)20)24-13(17(21,22)23)11-6-2-3-7-12(11)14/h2-3,6-7H,4-5,8-10H2,1H3/t14-,15+/m0/s1. The Balaban J connectivity index is 2.28. The summed E-state index contributed by atoms with van der Waals surface area (Å²) >= 11 is 0. The van der Waals surface area contributed by atoms with Crippen molar-refractivity contribution in [3.05, 3.63) is 35.4 Å². The fourth-order valence-corrected chi connectivity index (χ4v) is 4.28. The number of aliphatic imine (C=N–C) groups is 1. The van der Waals surface area contributed by atoms with E-state index in [2.05, 4.69) is 4.99 Å². The number of fused-ring (bicyclic) bond motifs is 3. The molecule has 0 amide bonds. The molecule has 132 valence electrons. The van der Waals surface area contributed by atoms with Crippen LogP contribution in [0, 0.1) is 0 Å². The van der Waals surface area contributed by atoms with Gasteiger partial charge in [0.1, 0.15) is 5.71 Å². The predicted molar refractivity (Wildman–Crippen MR) is 78.3 cm³/mol. The summed E-state index contributed by atoms with van der Waals surface area (Å²) in [7, 11) is 0. The Hall–Kier alpha value is -1.53. The van der Waals surface area contributed by atoms with E-state index in [1.807, 2.05) is 0 Å². The zero-order valence-corrected chi connectivity index (χ0v) is 13.1. The van der Waals surface area contributed by atoms with Crippen LogP contribution < -0.4 is 0 Å². The van der Waals surface area contributed by atoms with E-state index in [0.29, 0.717) is 24.8 Å². The summed E-state index contributed by atoms with van der Waals surface area (Å²) in [5, 5.41) is 0. The minimum Gasteiger partial charge on any atom is -0.272 e. The first-order valence-electron chi connectivity index (χ1n) is 7.82. The fraction of sp³-hybridized carbons (Fsp3) is 0.588. The van der Waals surface area contributed by atoms with E-state index in [-0.39, 0.29) is 12.0 Å². The summed E-state index contributed by atoms with van der Waals surface area (Å²) in [4.78, 5) is 3.78. The van der Waals surface area contributed by atoms with E-state index < -0.39 is 35.4 Å². The third-order valence-corrected chi connectivity index (χ3v) is 5.41. The van der Waals surface area contributed by atoms with Crippen molar-refractivity contribution in [2.75, 3.05) is 0 Å². The summed E-state index contributed by atoms with van der Waals surface area (Å²) < 4.78 is 80.2. The van der Waals surface area contributed by atoms with Crippen molar-refractivity contribution in [1.29, 1.82) is 0 Å². The molecule has 24 heavy (non-hydrogen) atoms. The molecule has 1 heterocycles. The molecule has 0 saturated heterocycles. The van der Waals surface area contributed by atoms with Crippen LogP contribution in [0.25, 0.3) is 0 Å². The molecule has 1 aliphatic heterocycles. The Morgan fingerprint density at radius 2 is 1.62 bits per heavy atom. The Kier molecular flexibility index (Phi) is 3.77. The van der Waals surface area contributed by atoms with Crippen LogP contribution in [0.5, 0.6) is 0 Å². The molecular formula is C17H17F6N. The van der Waals surface area contributed by atoms with Crippen LogP contribution in [0.15, 0.2) is 29.3 Å². The van der Waals surface area contributed by atoms with Gasteiger partial charge in [-0.1, -0.05) is 44.0 Å². The molecule has 0 spiro atoms. The average molecular weight is 349 g/mol. The van der Waals surface area contributed by atoms with Crippen LogP contribution >= 0.6 is 0 Å². The summed E-state index contributed by atoms with van der Waals surface area (Å²) in [5.74, 6) is 0. The number of hydrogen-bond donors (Lipinski definition) is 0. The van der Waals surface area contributed by atoms with Crippen molar-refractivity contribution in [3.63, 3.8) is 0 Å². The molecule has 1 nitrogen and oxygen atoms in total. The van der Waals surface area contributed by atoms with Crippen molar-refractivity contribution in [1.82, 2.24) is 0 Å². The summed E-state index contributed by atoms with van der Waals surface area (Å²) in [6.07, 6.45) is -9.15. The Morgan fingerprint density at radius 1 is 1.00 bits per heavy atom. The Bertz CT molecular complexity index is 674. The molecule has 3 rings (SSSR count). The Morgan fingerprint density at radius 3 is 2.25 bits per heavy atom. The second kappa shape index (κ2) is 5.23. The van der Waals surface area contributed by atoms with Crippen LogP contribution in [-0.4, -0.2) is 23.6 Å². The molecule has 2 aliphatic rings. The van der Waals surface area contributed by atoms with Gasteiger partial charge >= 0.3 is 12.4 Å². The van der Waals surface area contributed by atoms with Gasteiger partial charge in [-0.25, -0.2) is 0 Å². The molecule has 1 aromatic rings. The van der Waals surface area contributed by atoms with Gasteiger partial charge in [0, 0.05) is 11.0 Å². The van der Waals surface area contributed by atoms with E-state index >= 15 is 0 Å². The van der Waals surface area contributed by atoms with Crippen LogP contribution in [0.2, 0.25) is 0 Å². The topological polar surface area (TPSA) is 12.4 Å². The van der Waals surface area contributed by atoms with Crippen molar-refractivity contribution in [3.8, 4) is 0 Å². The summed E-state index contributed by atoms with van der Waals surface area (Å²) in [5.41, 5.74) is -3.78. The van der Waals surface area contributed by atoms with E-state index in [1.54, 1.807) is 13.0 Å². The van der Waals surface area contributed by atoms with Gasteiger partial charge in [-0.15, -0.1) is 0 Å². The zero-order chi connectivity index (χ0) is 17.8. The van der Waals surface area contributed by atoms with Gasteiger partial charge in [0.05, 0.1) is 12.0 Å². The third kappa shape index (κ3) is 2.62. The van der Waals surface area contributed by atoms with Gasteiger partial charge in [0.15, 0.2) is 0 Å². The highest BCUT2D eigenvalue weighted by Gasteiger charge is 2.60. The van der Waals surface area contributed by atoms with E-state index in [0.717, 1.165) is 0 Å². The molecule has 0 aromatic heterocycles. The van der Waals surface area contributed by atoms with Crippen molar-refractivity contribution < 1.29 is 26.3 Å². The summed E-state index contributed by atoms with van der Waals surface area (Å²) in [6, 6.07) is 5.87. The lowest BCUT2D eigenvalue weighted by Crippen LogP contribution is -2.57. The molecule has 2 atom stereocenters. The summed E-state index contributed by atoms with van der Waals surface area (Å²) in [6.45, 7) is 1.63. The number of benzene rings is 1. The second-order valence-corrected chi connectivity index (χ2v) is 6.87. The first-order valence-corrected chi connectivity index (χ1v) is 7.82. The van der Waals surface area contributed by atoms with E-state index in [4.69, 9.17) is 0 Å². The monoisotopic (exact) mass is 349 g/mol. The SMILES string of the molecule is C[C@@]12CCCC[C@]1(CC(F)(F)F)N=C(C(F)(F)F)c1ccccc12. The number of rotatable bonds is 1. The second-order valence-electron chi connectivity index (χ2n) is 6.87. The molecule has 1 aliphatic carbocycles. The number of hydrogen-bond acceptors (Lipinski definition) is 1. The van der Waals surface area contributed by atoms with Gasteiger partial charge in [0.25, 0.3) is 0 Å². The third-order valence-electron chi connectivity index (χ3n) is 5.41. The number of nitrogens with zero attached hydrogens (tertiary/aromatic N) is 1. The predicted octanol–water partition coefficient (Wildman–Crippen LogP) is 5.57. The normalized spacial score (nSPS) is 30.4. The highest BCUT2D eigenvalue weighted by atomic mass is 19.4. The molecule has 0 bridgehead atoms. The minimum absolute atomic E-state index is 0.0108. The van der Waals surface area contributed by atoms with Crippen molar-refractivity contribution in [2.24, 2.45) is 4.99 Å². The number of alkyl halides is 6. The molecular weight excluding hydrogens is 332 g/mol. The molecule has 0 radical (unpaired) electrons. The van der Waals surface area contributed by atoms with Crippen molar-refractivity contribution in [2.45, 2.75) is 62.3 Å². The highest BCUT2D eigenvalue weighted by molar-refractivity contribution is 6.07. The number of halogens is 6. The van der Waals surface area contributed by atoms with E-state index in [1.165, 1.54) is 18.2 Å². The maximum Gasteiger partial charge on any atom is 0.433 e. The lowest BCUT2D eigenvalue weighted by Gasteiger charge is -2.53. The lowest BCUT2D eigenvalue weighted by atomic mass is 9.55. The molecule has 0 N–H and O–H groups in total. The molecule has 1 aromatic carbocycles. The smallest absolute Gasteiger partial charge is 0.272 e. The lowest BCUT2D eigenvalue weighted by molar-refractivity contribution is -0.157. The quantitative estimate of drug-likeness (QED) is 0.588. The van der Waals surface area contributed by atoms with Gasteiger partial charge in [-0.2, -0.15) is 26.3 Å². The van der Waals surface area contributed by atoms with Crippen LogP contribution in [0.3, 0.4) is 0 Å². The van der Waals surface area contributed by atoms with E-state index in [9.17, 15) is 26.3 Å². The Labute approximate surface area is 135 Å². The van der Waals surface area contributed by atoms with Crippen LogP contribution in [0.4, 0.5) is 26.3 Å². The van der Waals surface area contributed by atoms with Crippen LogP contribution in [-0.2, 0) is 5.41 Å². The van der Waals surface area contributed by atoms with Gasteiger partial charge in [-0.3, -0.25) is 4.99 Å². The fourth-order valence-electron chi connectivity index (χ4n) is 4.28. The molecule has 7 heteroatoms. The maximum absolute atomic E-state index is 13.5. The van der Waals surface area contributed by atoms with Gasteiger partial charge < -0.3 is 0 Å². The average Bonchev–Trinajstić information content (AvgIpc) is 2.45. The zero-order valence-electron chi connectivity index (χ0n) is 13.1. The van der Waals surface area contributed by atoms with Gasteiger partial charge in [-0.05, 0) is 18.4 Å². The van der Waals surface area contributed by atoms with Gasteiger partial charge in [0.2, 0.25) is 0 Å². The van der Waals surface area contributed by atoms with Crippen LogP contribution in [0.1, 0.15) is 50.2 Å². The molecule has 0 unspecified atom stereocenters. The first-order chi connectivity index (χ1) is 11.0. The maximum atomic E-state index is 13.5. The highest BCUT2D eigenvalue weighted by Crippen LogP contribution is 2.56. The molecule has 1 saturated carbocycles.